The van der Waals surface area contributed by atoms with E-state index in [1.165, 1.54) is 11.1 Å². The van der Waals surface area contributed by atoms with Crippen LogP contribution >= 0.6 is 0 Å². The van der Waals surface area contributed by atoms with Crippen molar-refractivity contribution in [2.24, 2.45) is 0 Å². The second-order valence-corrected chi connectivity index (χ2v) is 5.46. The van der Waals surface area contributed by atoms with E-state index in [4.69, 9.17) is 4.74 Å². The summed E-state index contributed by atoms with van der Waals surface area (Å²) in [4.78, 5) is 0. The highest BCUT2D eigenvalue weighted by atomic mass is 16.5. The predicted octanol–water partition coefficient (Wildman–Crippen LogP) is 3.05. The zero-order valence-electron chi connectivity index (χ0n) is 13.4. The number of aryl methyl sites for hydroxylation is 2. The number of hydrogen-bond donors (Lipinski definition) is 1. The van der Waals surface area contributed by atoms with E-state index in [0.29, 0.717) is 5.69 Å². The molecule has 1 N–H and O–H groups in total. The first-order chi connectivity index (χ1) is 11.1. The van der Waals surface area contributed by atoms with Crippen molar-refractivity contribution in [1.29, 1.82) is 0 Å². The van der Waals surface area contributed by atoms with Crippen LogP contribution in [-0.2, 0) is 6.61 Å². The summed E-state index contributed by atoms with van der Waals surface area (Å²) in [6.45, 7) is 3.97. The van der Waals surface area contributed by atoms with E-state index in [-0.39, 0.29) is 6.61 Å². The average Bonchev–Trinajstić information content (AvgIpc) is 3.01. The van der Waals surface area contributed by atoms with Gasteiger partial charge in [0, 0.05) is 5.56 Å². The van der Waals surface area contributed by atoms with Gasteiger partial charge in [-0.2, -0.15) is 0 Å². The van der Waals surface area contributed by atoms with Crippen LogP contribution in [0.15, 0.2) is 42.5 Å². The number of aromatic nitrogens is 3. The minimum absolute atomic E-state index is 0.169. The van der Waals surface area contributed by atoms with Crippen LogP contribution in [0.2, 0.25) is 0 Å². The van der Waals surface area contributed by atoms with Gasteiger partial charge in [0.1, 0.15) is 17.1 Å². The Bertz CT molecular complexity index is 840. The monoisotopic (exact) mass is 309 g/mol. The van der Waals surface area contributed by atoms with Crippen LogP contribution in [0.3, 0.4) is 0 Å². The summed E-state index contributed by atoms with van der Waals surface area (Å²) in [5, 5.41) is 18.0. The molecule has 3 rings (SSSR count). The van der Waals surface area contributed by atoms with Gasteiger partial charge in [-0.1, -0.05) is 23.4 Å². The predicted molar refractivity (Wildman–Crippen MR) is 88.7 cm³/mol. The van der Waals surface area contributed by atoms with Gasteiger partial charge in [0.05, 0.1) is 19.4 Å². The molecule has 5 nitrogen and oxygen atoms in total. The first-order valence-corrected chi connectivity index (χ1v) is 7.41. The van der Waals surface area contributed by atoms with Gasteiger partial charge in [-0.3, -0.25) is 0 Å². The number of methoxy groups -OCH3 is 1. The standard InChI is InChI=1S/C18H19N3O2/c1-12-7-8-15(9-13(12)2)21-18(17(11-22)19-20-21)14-5-4-6-16(10-14)23-3/h4-10,22H,11H2,1-3H3. The molecule has 5 heteroatoms. The lowest BCUT2D eigenvalue weighted by Crippen LogP contribution is -2.01. The van der Waals surface area contributed by atoms with Gasteiger partial charge < -0.3 is 9.84 Å². The zero-order chi connectivity index (χ0) is 16.4. The van der Waals surface area contributed by atoms with Crippen LogP contribution in [0.5, 0.6) is 5.75 Å². The number of aliphatic hydroxyl groups excluding tert-OH is 1. The van der Waals surface area contributed by atoms with Crippen molar-refractivity contribution in [3.05, 3.63) is 59.3 Å². The number of aliphatic hydroxyl groups is 1. The number of benzene rings is 2. The van der Waals surface area contributed by atoms with Crippen LogP contribution in [0.25, 0.3) is 16.9 Å². The molecule has 0 aliphatic carbocycles. The Morgan fingerprint density at radius 3 is 2.61 bits per heavy atom. The third-order valence-electron chi connectivity index (χ3n) is 3.97. The van der Waals surface area contributed by atoms with Crippen molar-refractivity contribution in [2.75, 3.05) is 7.11 Å². The lowest BCUT2D eigenvalue weighted by atomic mass is 10.1. The van der Waals surface area contributed by atoms with E-state index in [0.717, 1.165) is 22.7 Å². The second kappa shape index (κ2) is 6.22. The Morgan fingerprint density at radius 1 is 1.09 bits per heavy atom. The summed E-state index contributed by atoms with van der Waals surface area (Å²) in [5.74, 6) is 0.749. The SMILES string of the molecule is COc1cccc(-c2c(CO)nnn2-c2ccc(C)c(C)c2)c1. The molecule has 0 atom stereocenters. The molecular weight excluding hydrogens is 290 g/mol. The maximum atomic E-state index is 9.62. The van der Waals surface area contributed by atoms with Gasteiger partial charge in [0.15, 0.2) is 0 Å². The van der Waals surface area contributed by atoms with Gasteiger partial charge in [-0.15, -0.1) is 5.10 Å². The van der Waals surface area contributed by atoms with E-state index in [9.17, 15) is 5.11 Å². The molecule has 0 fully saturated rings. The Kier molecular flexibility index (Phi) is 4.12. The highest BCUT2D eigenvalue weighted by Gasteiger charge is 2.16. The summed E-state index contributed by atoms with van der Waals surface area (Å²) in [6.07, 6.45) is 0. The van der Waals surface area contributed by atoms with E-state index >= 15 is 0 Å². The van der Waals surface area contributed by atoms with Crippen molar-refractivity contribution >= 4 is 0 Å². The van der Waals surface area contributed by atoms with Crippen molar-refractivity contribution in [1.82, 2.24) is 15.0 Å². The maximum absolute atomic E-state index is 9.62. The largest absolute Gasteiger partial charge is 0.497 e. The summed E-state index contributed by atoms with van der Waals surface area (Å²) in [6, 6.07) is 13.8. The molecule has 23 heavy (non-hydrogen) atoms. The lowest BCUT2D eigenvalue weighted by molar-refractivity contribution is 0.277. The molecule has 0 amide bonds. The molecule has 0 saturated heterocycles. The van der Waals surface area contributed by atoms with Crippen molar-refractivity contribution in [3.63, 3.8) is 0 Å². The molecule has 1 aromatic heterocycles. The molecule has 0 aliphatic rings. The van der Waals surface area contributed by atoms with Crippen LogP contribution in [0.4, 0.5) is 0 Å². The molecular formula is C18H19N3O2. The number of ether oxygens (including phenoxy) is 1. The van der Waals surface area contributed by atoms with Gasteiger partial charge in [0.25, 0.3) is 0 Å². The fraction of sp³-hybridized carbons (Fsp3) is 0.222. The zero-order valence-corrected chi connectivity index (χ0v) is 13.4. The second-order valence-electron chi connectivity index (χ2n) is 5.46. The Hall–Kier alpha value is -2.66. The summed E-state index contributed by atoms with van der Waals surface area (Å²) < 4.78 is 7.05. The third-order valence-corrected chi connectivity index (χ3v) is 3.97. The summed E-state index contributed by atoms with van der Waals surface area (Å²) in [5.41, 5.74) is 5.53. The number of hydrogen-bond acceptors (Lipinski definition) is 4. The highest BCUT2D eigenvalue weighted by molar-refractivity contribution is 5.66. The minimum Gasteiger partial charge on any atom is -0.497 e. The van der Waals surface area contributed by atoms with Crippen molar-refractivity contribution in [2.45, 2.75) is 20.5 Å². The van der Waals surface area contributed by atoms with E-state index < -0.39 is 0 Å². The maximum Gasteiger partial charge on any atom is 0.119 e. The highest BCUT2D eigenvalue weighted by Crippen LogP contribution is 2.28. The third kappa shape index (κ3) is 2.83. The topological polar surface area (TPSA) is 60.2 Å². The Morgan fingerprint density at radius 2 is 1.91 bits per heavy atom. The molecule has 1 heterocycles. The molecule has 0 bridgehead atoms. The molecule has 118 valence electrons. The van der Waals surface area contributed by atoms with Crippen LogP contribution in [-0.4, -0.2) is 27.2 Å². The van der Waals surface area contributed by atoms with E-state index in [2.05, 4.69) is 36.3 Å². The van der Waals surface area contributed by atoms with Crippen LogP contribution < -0.4 is 4.74 Å². The normalized spacial score (nSPS) is 10.8. The lowest BCUT2D eigenvalue weighted by Gasteiger charge is -2.10. The van der Waals surface area contributed by atoms with Gasteiger partial charge in [0.2, 0.25) is 0 Å². The van der Waals surface area contributed by atoms with Gasteiger partial charge in [-0.25, -0.2) is 4.68 Å². The minimum atomic E-state index is -0.169. The first-order valence-electron chi connectivity index (χ1n) is 7.41. The summed E-state index contributed by atoms with van der Waals surface area (Å²) >= 11 is 0. The Balaban J connectivity index is 2.19. The van der Waals surface area contributed by atoms with Crippen molar-refractivity contribution < 1.29 is 9.84 Å². The summed E-state index contributed by atoms with van der Waals surface area (Å²) in [7, 11) is 1.63. The molecule has 0 unspecified atom stereocenters. The van der Waals surface area contributed by atoms with E-state index in [1.54, 1.807) is 11.8 Å². The number of nitrogens with zero attached hydrogens (tertiary/aromatic N) is 3. The Labute approximate surface area is 135 Å². The molecule has 0 spiro atoms. The average molecular weight is 309 g/mol. The quantitative estimate of drug-likeness (QED) is 0.804. The smallest absolute Gasteiger partial charge is 0.119 e. The van der Waals surface area contributed by atoms with Gasteiger partial charge >= 0.3 is 0 Å². The fourth-order valence-corrected chi connectivity index (χ4v) is 2.52. The fourth-order valence-electron chi connectivity index (χ4n) is 2.52. The molecule has 0 radical (unpaired) electrons. The molecule has 0 aliphatic heterocycles. The molecule has 0 saturated carbocycles. The van der Waals surface area contributed by atoms with Crippen LogP contribution in [0, 0.1) is 13.8 Å². The molecule has 2 aromatic carbocycles. The van der Waals surface area contributed by atoms with Gasteiger partial charge in [-0.05, 0) is 49.2 Å². The number of rotatable bonds is 4. The molecule has 3 aromatic rings. The first kappa shape index (κ1) is 15.2. The van der Waals surface area contributed by atoms with E-state index in [1.807, 2.05) is 30.3 Å². The van der Waals surface area contributed by atoms with Crippen molar-refractivity contribution in [3.8, 4) is 22.7 Å². The van der Waals surface area contributed by atoms with Crippen LogP contribution in [0.1, 0.15) is 16.8 Å².